The fourth-order valence-corrected chi connectivity index (χ4v) is 17.0. The topological polar surface area (TPSA) is 494 Å². The van der Waals surface area contributed by atoms with Crippen molar-refractivity contribution in [2.24, 2.45) is 45.3 Å². The third-order valence-corrected chi connectivity index (χ3v) is 24.0. The molecule has 108 heavy (non-hydrogen) atoms. The van der Waals surface area contributed by atoms with Crippen LogP contribution in [0.25, 0.3) is 0 Å². The number of carbonyl (C=O) groups excluding carboxylic acids is 8. The van der Waals surface area contributed by atoms with E-state index in [2.05, 4.69) is 0 Å². The zero-order valence-corrected chi connectivity index (χ0v) is 61.0. The summed E-state index contributed by atoms with van der Waals surface area (Å²) in [6, 6.07) is 0. The highest BCUT2D eigenvalue weighted by Gasteiger charge is 2.69. The van der Waals surface area contributed by atoms with Crippen molar-refractivity contribution in [3.8, 4) is 0 Å². The van der Waals surface area contributed by atoms with Gasteiger partial charge in [0.05, 0.1) is 61.3 Å². The maximum atomic E-state index is 15.5. The smallest absolute Gasteiger partial charge is 0.346 e. The molecule has 8 bridgehead atoms. The molecular formula is C78H92O30. The molecule has 11 aliphatic rings. The van der Waals surface area contributed by atoms with Crippen molar-refractivity contribution in [3.05, 3.63) is 164 Å². The Labute approximate surface area is 619 Å². The number of allylic oxidation sites excluding steroid dienone is 8. The van der Waals surface area contributed by atoms with Crippen molar-refractivity contribution in [1.82, 2.24) is 0 Å². The summed E-state index contributed by atoms with van der Waals surface area (Å²) in [5.41, 5.74) is -19.0. The number of rotatable bonds is 10. The van der Waals surface area contributed by atoms with E-state index < -0.39 is 261 Å². The number of aliphatic hydroxyl groups excluding tert-OH is 14. The van der Waals surface area contributed by atoms with Gasteiger partial charge in [-0.25, -0.2) is 19.2 Å². The summed E-state index contributed by atoms with van der Waals surface area (Å²) in [6.07, 6.45) is -0.393. The van der Waals surface area contributed by atoms with E-state index in [0.29, 0.717) is 22.3 Å². The molecule has 0 radical (unpaired) electrons. The number of esters is 4. The molecule has 6 heterocycles. The van der Waals surface area contributed by atoms with Crippen LogP contribution in [0.5, 0.6) is 0 Å². The number of Topliss-reactive ketones (excluding diaryl/α,β-unsaturated/α-hetero) is 4. The van der Waals surface area contributed by atoms with Gasteiger partial charge >= 0.3 is 23.9 Å². The molecule has 0 aromatic carbocycles. The van der Waals surface area contributed by atoms with Crippen LogP contribution >= 0.6 is 0 Å². The van der Waals surface area contributed by atoms with Gasteiger partial charge in [-0.05, 0) is 111 Å². The van der Waals surface area contributed by atoms with Crippen molar-refractivity contribution in [2.45, 2.75) is 179 Å². The minimum absolute atomic E-state index is 0.175. The average molecular weight is 1510 g/mol. The summed E-state index contributed by atoms with van der Waals surface area (Å²) in [5.74, 6) is -16.4. The first-order valence-corrected chi connectivity index (χ1v) is 35.5. The Morgan fingerprint density at radius 3 is 0.981 bits per heavy atom. The Kier molecular flexibility index (Phi) is 21.7. The lowest BCUT2D eigenvalue weighted by Crippen LogP contribution is -2.59. The summed E-state index contributed by atoms with van der Waals surface area (Å²) < 4.78 is 47.6. The SMILES string of the molecule is CC1=CC=CC2(C)C=C(COC3OC(CO)C(O)C(O)C3O)C(C)CC23OC(=O)C(=C(O)C=CC2(C)C=C(CO)C(C)CC24OC(=O)C(=C(O)C(C)=CC=CC2(C)C=C(COC5OC(CO)C(O)C(O)C5O)C(C)CC25OC(=O)C(=C(O)C=CC2(C)C=C(CO)C(C)CC26OC(=O)C(=C1O)C6=O)C5=O)C4=O)C3=O. The monoisotopic (exact) mass is 1510 g/mol. The van der Waals surface area contributed by atoms with E-state index in [-0.39, 0.29) is 36.8 Å². The summed E-state index contributed by atoms with van der Waals surface area (Å²) in [6.45, 7) is 11.3. The maximum Gasteiger partial charge on any atom is 0.346 e. The fourth-order valence-electron chi connectivity index (χ4n) is 17.0. The van der Waals surface area contributed by atoms with Crippen LogP contribution in [0.15, 0.2) is 164 Å². The quantitative estimate of drug-likeness (QED) is 0.0646. The van der Waals surface area contributed by atoms with Crippen LogP contribution < -0.4 is 0 Å². The molecule has 30 heteroatoms. The number of hydrogen-bond acceptors (Lipinski definition) is 30. The molecule has 30 nitrogen and oxygen atoms in total. The zero-order chi connectivity index (χ0) is 79.4. The van der Waals surface area contributed by atoms with Gasteiger partial charge in [0.1, 0.15) is 94.2 Å². The molecular weight excluding hydrogens is 1420 g/mol. The van der Waals surface area contributed by atoms with E-state index in [9.17, 15) is 90.7 Å². The number of aliphatic hydroxyl groups is 14. The number of fused-ring (bicyclic) bond motifs is 4. The Bertz CT molecular complexity index is 4030. The highest BCUT2D eigenvalue weighted by atomic mass is 16.7. The van der Waals surface area contributed by atoms with E-state index in [1.807, 2.05) is 0 Å². The Hall–Kier alpha value is -8.44. The second kappa shape index (κ2) is 29.1. The largest absolute Gasteiger partial charge is 0.507 e. The van der Waals surface area contributed by atoms with Gasteiger partial charge in [-0.2, -0.15) is 0 Å². The van der Waals surface area contributed by atoms with E-state index in [1.165, 1.54) is 114 Å². The standard InChI is InChI=1S/C78H92O30/c1-35-13-11-17-71(7)27-43(33-101-69-59(91)57(89)55(87)47(31-81)103-69)39(5)23-75(71)61(93)49(65(97)105-75)46(84)16-20-74(10)26-42(30-80)38(4)22-78(74)64(96)52(68(100)108-78)54(86)36(2)14-12-18-72(8)28-44(34-102-70-60(92)58(90)56(88)48(32-82)104-70)40(6)24-76(72)62(94)50(66(98)106-76)45(83)15-19-73(9)25-41(29-79)37(3)21-77(73)63(95)51(53(35)85)67(99)107-77/h11-20,25-28,37-40,47-48,55-60,69-70,79-92H,21-24,29-34H2,1-10H3. The van der Waals surface area contributed by atoms with Crippen molar-refractivity contribution < 1.29 is 148 Å². The Morgan fingerprint density at radius 1 is 0.398 bits per heavy atom. The Balaban J connectivity index is 1.07. The van der Waals surface area contributed by atoms with Gasteiger partial charge in [-0.1, -0.05) is 101 Å². The molecule has 0 aromatic heterocycles. The lowest BCUT2D eigenvalue weighted by molar-refractivity contribution is -0.299. The number of ether oxygens (including phenoxy) is 8. The third-order valence-electron chi connectivity index (χ3n) is 24.0. The van der Waals surface area contributed by atoms with Crippen LogP contribution in [0.3, 0.4) is 0 Å². The average Bonchev–Trinajstić information content (AvgIpc) is 1.55. The summed E-state index contributed by atoms with van der Waals surface area (Å²) in [5, 5.41) is 154. The van der Waals surface area contributed by atoms with Gasteiger partial charge in [0, 0.05) is 25.7 Å². The van der Waals surface area contributed by atoms with Gasteiger partial charge in [-0.15, -0.1) is 0 Å². The van der Waals surface area contributed by atoms with Gasteiger partial charge in [0.25, 0.3) is 0 Å². The molecule has 4 spiro atoms. The first-order valence-electron chi connectivity index (χ1n) is 35.5. The highest BCUT2D eigenvalue weighted by Crippen LogP contribution is 2.59. The van der Waals surface area contributed by atoms with E-state index in [1.54, 1.807) is 27.7 Å². The zero-order valence-electron chi connectivity index (χ0n) is 61.0. The second-order valence-electron chi connectivity index (χ2n) is 31.0. The molecule has 5 aliphatic carbocycles. The maximum absolute atomic E-state index is 15.5. The summed E-state index contributed by atoms with van der Waals surface area (Å²) in [7, 11) is 0. The Morgan fingerprint density at radius 2 is 0.676 bits per heavy atom. The van der Waals surface area contributed by atoms with E-state index >= 15 is 19.2 Å². The summed E-state index contributed by atoms with van der Waals surface area (Å²) in [4.78, 5) is 120. The molecule has 0 amide bonds. The molecule has 6 saturated heterocycles. The molecule has 6 fully saturated rings. The molecule has 0 aromatic rings. The van der Waals surface area contributed by atoms with Crippen LogP contribution in [-0.4, -0.2) is 242 Å². The fraction of sp³-hybridized carbons (Fsp3) is 0.538. The predicted octanol–water partition coefficient (Wildman–Crippen LogP) is 2.33. The molecule has 6 aliphatic heterocycles. The minimum atomic E-state index is -2.28. The van der Waals surface area contributed by atoms with Crippen molar-refractivity contribution in [2.75, 3.05) is 39.6 Å². The van der Waals surface area contributed by atoms with Crippen molar-refractivity contribution >= 4 is 47.0 Å². The van der Waals surface area contributed by atoms with Crippen LogP contribution in [-0.2, 0) is 76.3 Å². The van der Waals surface area contributed by atoms with Gasteiger partial charge in [0.15, 0.2) is 35.0 Å². The predicted molar refractivity (Wildman–Crippen MR) is 372 cm³/mol. The van der Waals surface area contributed by atoms with Gasteiger partial charge < -0.3 is 109 Å². The van der Waals surface area contributed by atoms with Gasteiger partial charge in [-0.3, -0.25) is 19.2 Å². The van der Waals surface area contributed by atoms with Crippen LogP contribution in [0.1, 0.15) is 94.9 Å². The molecule has 584 valence electrons. The first-order chi connectivity index (χ1) is 50.6. The molecule has 14 N–H and O–H groups in total. The normalized spacial score (nSPS) is 41.2. The second-order valence-corrected chi connectivity index (χ2v) is 31.0. The minimum Gasteiger partial charge on any atom is -0.507 e. The molecule has 11 rings (SSSR count). The van der Waals surface area contributed by atoms with Crippen LogP contribution in [0.4, 0.5) is 0 Å². The molecule has 22 unspecified atom stereocenters. The van der Waals surface area contributed by atoms with Crippen molar-refractivity contribution in [1.29, 1.82) is 0 Å². The van der Waals surface area contributed by atoms with Crippen LogP contribution in [0.2, 0.25) is 0 Å². The van der Waals surface area contributed by atoms with Crippen LogP contribution in [0, 0.1) is 45.3 Å². The van der Waals surface area contributed by atoms with Crippen molar-refractivity contribution in [3.63, 3.8) is 0 Å². The summed E-state index contributed by atoms with van der Waals surface area (Å²) >= 11 is 0. The molecule has 0 saturated carbocycles. The number of carbonyl (C=O) groups is 8. The highest BCUT2D eigenvalue weighted by molar-refractivity contribution is 6.29. The lowest BCUT2D eigenvalue weighted by atomic mass is 9.60. The van der Waals surface area contributed by atoms with E-state index in [4.69, 9.17) is 37.9 Å². The number of ketones is 4. The first kappa shape index (κ1) is 80.6. The molecule has 22 atom stereocenters. The number of hydrogen-bond donors (Lipinski definition) is 14. The van der Waals surface area contributed by atoms with E-state index in [0.717, 1.165) is 12.2 Å². The van der Waals surface area contributed by atoms with Gasteiger partial charge in [0.2, 0.25) is 23.1 Å². The third kappa shape index (κ3) is 12.7. The lowest BCUT2D eigenvalue weighted by Gasteiger charge is -2.46.